The van der Waals surface area contributed by atoms with Gasteiger partial charge in [0.15, 0.2) is 0 Å². The van der Waals surface area contributed by atoms with Crippen molar-refractivity contribution in [3.63, 3.8) is 0 Å². The van der Waals surface area contributed by atoms with Crippen LogP contribution in [-0.2, 0) is 9.53 Å². The number of rotatable bonds is 4. The van der Waals surface area contributed by atoms with E-state index in [0.717, 1.165) is 30.2 Å². The van der Waals surface area contributed by atoms with Gasteiger partial charge in [-0.15, -0.1) is 11.8 Å². The van der Waals surface area contributed by atoms with E-state index in [9.17, 15) is 4.79 Å². The van der Waals surface area contributed by atoms with E-state index in [2.05, 4.69) is 6.07 Å². The second-order valence-corrected chi connectivity index (χ2v) is 5.96. The minimum atomic E-state index is 0.123. The molecule has 0 aromatic heterocycles. The topological polar surface area (TPSA) is 42.1 Å². The fourth-order valence-electron chi connectivity index (χ4n) is 2.18. The summed E-state index contributed by atoms with van der Waals surface area (Å²) in [5.41, 5.74) is 1.13. The average Bonchev–Trinajstić information content (AvgIpc) is 3.10. The smallest absolute Gasteiger partial charge is 0.220 e. The molecule has 0 N–H and O–H groups in total. The van der Waals surface area contributed by atoms with Crippen LogP contribution in [0.15, 0.2) is 24.3 Å². The first-order chi connectivity index (χ1) is 9.24. The fourth-order valence-corrected chi connectivity index (χ4v) is 3.48. The second-order valence-electron chi connectivity index (χ2n) is 4.77. The molecule has 1 aromatic carbocycles. The SMILES string of the molecule is CC(=O)N1CCSC1c1cccc(OCC2CO2)c1. The normalized spacial score (nSPS) is 25.4. The van der Waals surface area contributed by atoms with Crippen LogP contribution in [0.4, 0.5) is 0 Å². The number of hydrogen-bond donors (Lipinski definition) is 0. The van der Waals surface area contributed by atoms with Crippen molar-refractivity contribution < 1.29 is 14.3 Å². The number of carbonyl (C=O) groups is 1. The third-order valence-electron chi connectivity index (χ3n) is 3.28. The number of nitrogens with zero attached hydrogens (tertiary/aromatic N) is 1. The Balaban J connectivity index is 1.72. The van der Waals surface area contributed by atoms with Crippen LogP contribution in [0.5, 0.6) is 5.75 Å². The first kappa shape index (κ1) is 12.8. The van der Waals surface area contributed by atoms with Gasteiger partial charge in [0.2, 0.25) is 5.91 Å². The molecule has 2 atom stereocenters. The first-order valence-corrected chi connectivity index (χ1v) is 7.52. The summed E-state index contributed by atoms with van der Waals surface area (Å²) < 4.78 is 10.8. The molecule has 0 saturated carbocycles. The Morgan fingerprint density at radius 3 is 3.16 bits per heavy atom. The van der Waals surface area contributed by atoms with Crippen molar-refractivity contribution in [2.75, 3.05) is 25.5 Å². The van der Waals surface area contributed by atoms with E-state index in [1.54, 1.807) is 18.7 Å². The minimum absolute atomic E-state index is 0.123. The van der Waals surface area contributed by atoms with Gasteiger partial charge in [-0.25, -0.2) is 0 Å². The average molecular weight is 279 g/mol. The molecule has 4 nitrogen and oxygen atoms in total. The summed E-state index contributed by atoms with van der Waals surface area (Å²) in [6.07, 6.45) is 0.262. The lowest BCUT2D eigenvalue weighted by Gasteiger charge is -2.23. The molecule has 3 rings (SSSR count). The number of epoxide rings is 1. The summed E-state index contributed by atoms with van der Waals surface area (Å²) in [4.78, 5) is 13.5. The maximum atomic E-state index is 11.6. The van der Waals surface area contributed by atoms with Crippen molar-refractivity contribution >= 4 is 17.7 Å². The predicted molar refractivity (Wildman–Crippen MR) is 74.3 cm³/mol. The molecule has 0 spiro atoms. The van der Waals surface area contributed by atoms with Crippen LogP contribution in [0.1, 0.15) is 17.9 Å². The van der Waals surface area contributed by atoms with Crippen molar-refractivity contribution in [3.8, 4) is 5.75 Å². The van der Waals surface area contributed by atoms with Crippen molar-refractivity contribution in [2.45, 2.75) is 18.4 Å². The first-order valence-electron chi connectivity index (χ1n) is 6.47. The number of thioether (sulfide) groups is 1. The second kappa shape index (κ2) is 5.43. The van der Waals surface area contributed by atoms with Crippen LogP contribution < -0.4 is 4.74 Å². The van der Waals surface area contributed by atoms with Gasteiger partial charge >= 0.3 is 0 Å². The summed E-state index contributed by atoms with van der Waals surface area (Å²) in [5, 5.41) is 0.123. The summed E-state index contributed by atoms with van der Waals surface area (Å²) in [6.45, 7) is 3.86. The lowest BCUT2D eigenvalue weighted by molar-refractivity contribution is -0.128. The van der Waals surface area contributed by atoms with Crippen LogP contribution in [0.2, 0.25) is 0 Å². The Morgan fingerprint density at radius 1 is 1.58 bits per heavy atom. The van der Waals surface area contributed by atoms with Crippen molar-refractivity contribution in [2.24, 2.45) is 0 Å². The molecular weight excluding hydrogens is 262 g/mol. The molecule has 2 fully saturated rings. The molecule has 19 heavy (non-hydrogen) atoms. The van der Waals surface area contributed by atoms with Gasteiger partial charge in [0, 0.05) is 19.2 Å². The number of benzene rings is 1. The molecule has 1 amide bonds. The van der Waals surface area contributed by atoms with E-state index in [1.807, 2.05) is 23.1 Å². The van der Waals surface area contributed by atoms with Crippen LogP contribution in [0, 0.1) is 0 Å². The maximum absolute atomic E-state index is 11.6. The number of hydrogen-bond acceptors (Lipinski definition) is 4. The van der Waals surface area contributed by atoms with Crippen molar-refractivity contribution in [3.05, 3.63) is 29.8 Å². The largest absolute Gasteiger partial charge is 0.491 e. The molecule has 5 heteroatoms. The highest BCUT2D eigenvalue weighted by molar-refractivity contribution is 7.99. The molecule has 0 aliphatic carbocycles. The monoisotopic (exact) mass is 279 g/mol. The molecule has 0 radical (unpaired) electrons. The van der Waals surface area contributed by atoms with Crippen molar-refractivity contribution in [1.29, 1.82) is 0 Å². The van der Waals surface area contributed by atoms with Crippen molar-refractivity contribution in [1.82, 2.24) is 4.90 Å². The highest BCUT2D eigenvalue weighted by Crippen LogP contribution is 2.38. The van der Waals surface area contributed by atoms with Crippen LogP contribution >= 0.6 is 11.8 Å². The van der Waals surface area contributed by atoms with Gasteiger partial charge in [-0.2, -0.15) is 0 Å². The van der Waals surface area contributed by atoms with E-state index in [4.69, 9.17) is 9.47 Å². The molecule has 2 aliphatic heterocycles. The molecular formula is C14H17NO3S. The van der Waals surface area contributed by atoms with Crippen LogP contribution in [0.25, 0.3) is 0 Å². The van der Waals surface area contributed by atoms with E-state index >= 15 is 0 Å². The highest BCUT2D eigenvalue weighted by atomic mass is 32.2. The van der Waals surface area contributed by atoms with Gasteiger partial charge in [0.25, 0.3) is 0 Å². The third-order valence-corrected chi connectivity index (χ3v) is 4.54. The van der Waals surface area contributed by atoms with E-state index in [1.165, 1.54) is 0 Å². The van der Waals surface area contributed by atoms with Gasteiger partial charge in [0.1, 0.15) is 23.8 Å². The number of amides is 1. The molecule has 0 bridgehead atoms. The molecule has 2 heterocycles. The zero-order chi connectivity index (χ0) is 13.2. The quantitative estimate of drug-likeness (QED) is 0.791. The van der Waals surface area contributed by atoms with Gasteiger partial charge in [-0.1, -0.05) is 12.1 Å². The molecule has 2 saturated heterocycles. The summed E-state index contributed by atoms with van der Waals surface area (Å²) >= 11 is 1.80. The summed E-state index contributed by atoms with van der Waals surface area (Å²) in [6, 6.07) is 8.01. The number of carbonyl (C=O) groups excluding carboxylic acids is 1. The Hall–Kier alpha value is -1.20. The summed E-state index contributed by atoms with van der Waals surface area (Å²) in [7, 11) is 0. The van der Waals surface area contributed by atoms with Gasteiger partial charge in [-0.05, 0) is 17.7 Å². The number of ether oxygens (including phenoxy) is 2. The standard InChI is InChI=1S/C14H17NO3S/c1-10(16)15-5-6-19-14(15)11-3-2-4-12(7-11)17-8-13-9-18-13/h2-4,7,13-14H,5-6,8-9H2,1H3. The Bertz CT molecular complexity index is 476. The molecule has 2 aliphatic rings. The highest BCUT2D eigenvalue weighted by Gasteiger charge is 2.29. The van der Waals surface area contributed by atoms with Crippen LogP contribution in [-0.4, -0.2) is 42.4 Å². The van der Waals surface area contributed by atoms with Gasteiger partial charge < -0.3 is 14.4 Å². The van der Waals surface area contributed by atoms with Crippen LogP contribution in [0.3, 0.4) is 0 Å². The summed E-state index contributed by atoms with van der Waals surface area (Å²) in [5.74, 6) is 1.97. The zero-order valence-corrected chi connectivity index (χ0v) is 11.7. The van der Waals surface area contributed by atoms with E-state index in [-0.39, 0.29) is 17.4 Å². The zero-order valence-electron chi connectivity index (χ0n) is 10.9. The molecule has 102 valence electrons. The molecule has 2 unspecified atom stereocenters. The Labute approximate surface area is 117 Å². The molecule has 1 aromatic rings. The Kier molecular flexibility index (Phi) is 3.66. The lowest BCUT2D eigenvalue weighted by atomic mass is 10.2. The Morgan fingerprint density at radius 2 is 2.42 bits per heavy atom. The predicted octanol–water partition coefficient (Wildman–Crippen LogP) is 2.06. The lowest BCUT2D eigenvalue weighted by Crippen LogP contribution is -2.27. The third kappa shape index (κ3) is 3.04. The van der Waals surface area contributed by atoms with Gasteiger partial charge in [0.05, 0.1) is 6.61 Å². The maximum Gasteiger partial charge on any atom is 0.220 e. The van der Waals surface area contributed by atoms with Gasteiger partial charge in [-0.3, -0.25) is 4.79 Å². The van der Waals surface area contributed by atoms with E-state index < -0.39 is 0 Å². The fraction of sp³-hybridized carbons (Fsp3) is 0.500. The minimum Gasteiger partial charge on any atom is -0.491 e. The van der Waals surface area contributed by atoms with E-state index in [0.29, 0.717) is 6.61 Å².